The van der Waals surface area contributed by atoms with Gasteiger partial charge in [-0.25, -0.2) is 0 Å². The first-order valence-corrected chi connectivity index (χ1v) is 5.99. The number of nitrogen functional groups attached to an aromatic ring is 1. The highest BCUT2D eigenvalue weighted by Gasteiger charge is 2.07. The normalized spacial score (nSPS) is 10.2. The number of hydrogen-bond acceptors (Lipinski definition) is 3. The molecule has 0 radical (unpaired) electrons. The number of anilines is 1. The van der Waals surface area contributed by atoms with Crippen LogP contribution in [0.4, 0.5) is 5.69 Å². The van der Waals surface area contributed by atoms with Crippen LogP contribution in [0.3, 0.4) is 0 Å². The molecule has 1 rings (SSSR count). The zero-order valence-corrected chi connectivity index (χ0v) is 9.98. The fraction of sp³-hybridized carbons (Fsp3) is 0.462. The van der Waals surface area contributed by atoms with E-state index in [1.165, 1.54) is 0 Å². The average Bonchev–Trinajstić information content (AvgIpc) is 2.34. The van der Waals surface area contributed by atoms with Crippen LogP contribution in [0.1, 0.15) is 36.0 Å². The fourth-order valence-electron chi connectivity index (χ4n) is 1.59. The van der Waals surface area contributed by atoms with Gasteiger partial charge in [-0.3, -0.25) is 4.79 Å². The lowest BCUT2D eigenvalue weighted by Crippen LogP contribution is -2.25. The number of nitrogens with two attached hydrogens (primary N) is 1. The summed E-state index contributed by atoms with van der Waals surface area (Å²) in [6, 6.07) is 7.04. The largest absolute Gasteiger partial charge is 0.398 e. The lowest BCUT2D eigenvalue weighted by atomic mass is 10.1. The minimum absolute atomic E-state index is 0.120. The first-order chi connectivity index (χ1) is 8.25. The summed E-state index contributed by atoms with van der Waals surface area (Å²) in [5.41, 5.74) is 6.74. The Hall–Kier alpha value is -1.55. The van der Waals surface area contributed by atoms with Crippen molar-refractivity contribution in [2.24, 2.45) is 0 Å². The van der Waals surface area contributed by atoms with Gasteiger partial charge >= 0.3 is 0 Å². The molecule has 17 heavy (non-hydrogen) atoms. The Bertz CT molecular complexity index is 353. The second-order valence-corrected chi connectivity index (χ2v) is 3.98. The number of hydrogen-bond donors (Lipinski definition) is 3. The van der Waals surface area contributed by atoms with Gasteiger partial charge in [-0.05, 0) is 25.0 Å². The molecule has 0 aromatic heterocycles. The van der Waals surface area contributed by atoms with E-state index < -0.39 is 0 Å². The molecule has 0 unspecified atom stereocenters. The van der Waals surface area contributed by atoms with Crippen molar-refractivity contribution in [3.63, 3.8) is 0 Å². The van der Waals surface area contributed by atoms with Crippen molar-refractivity contribution in [1.82, 2.24) is 5.32 Å². The zero-order chi connectivity index (χ0) is 12.5. The van der Waals surface area contributed by atoms with Gasteiger partial charge in [-0.15, -0.1) is 0 Å². The lowest BCUT2D eigenvalue weighted by Gasteiger charge is -2.07. The number of rotatable bonds is 7. The number of aliphatic hydroxyl groups excluding tert-OH is 1. The van der Waals surface area contributed by atoms with Crippen molar-refractivity contribution in [1.29, 1.82) is 0 Å². The van der Waals surface area contributed by atoms with Crippen LogP contribution in [0.15, 0.2) is 24.3 Å². The summed E-state index contributed by atoms with van der Waals surface area (Å²) in [7, 11) is 0. The Morgan fingerprint density at radius 3 is 2.59 bits per heavy atom. The van der Waals surface area contributed by atoms with E-state index in [2.05, 4.69) is 5.32 Å². The van der Waals surface area contributed by atoms with E-state index in [9.17, 15) is 4.79 Å². The molecule has 0 fully saturated rings. The number of carbonyl (C=O) groups excluding carboxylic acids is 1. The standard InChI is InChI=1S/C13H20N2O2/c14-12-8-4-3-7-11(12)13(17)15-9-5-1-2-6-10-16/h3-4,7-8,16H,1-2,5-6,9-10,14H2,(H,15,17). The van der Waals surface area contributed by atoms with Crippen LogP contribution in [-0.2, 0) is 0 Å². The van der Waals surface area contributed by atoms with Crippen LogP contribution >= 0.6 is 0 Å². The van der Waals surface area contributed by atoms with E-state index in [-0.39, 0.29) is 12.5 Å². The van der Waals surface area contributed by atoms with E-state index in [1.54, 1.807) is 24.3 Å². The van der Waals surface area contributed by atoms with Gasteiger partial charge in [0, 0.05) is 18.8 Å². The smallest absolute Gasteiger partial charge is 0.253 e. The molecule has 0 atom stereocenters. The molecule has 4 N–H and O–H groups in total. The minimum atomic E-state index is -0.120. The maximum absolute atomic E-state index is 11.7. The average molecular weight is 236 g/mol. The summed E-state index contributed by atoms with van der Waals surface area (Å²) < 4.78 is 0. The topological polar surface area (TPSA) is 75.4 Å². The number of aliphatic hydroxyl groups is 1. The second-order valence-electron chi connectivity index (χ2n) is 3.98. The Morgan fingerprint density at radius 2 is 1.88 bits per heavy atom. The number of carbonyl (C=O) groups is 1. The number of nitrogens with one attached hydrogen (secondary N) is 1. The molecular formula is C13H20N2O2. The monoisotopic (exact) mass is 236 g/mol. The highest BCUT2D eigenvalue weighted by Crippen LogP contribution is 2.09. The summed E-state index contributed by atoms with van der Waals surface area (Å²) in [5.74, 6) is -0.120. The maximum atomic E-state index is 11.7. The van der Waals surface area contributed by atoms with Crippen molar-refractivity contribution in [3.8, 4) is 0 Å². The molecule has 0 heterocycles. The van der Waals surface area contributed by atoms with Gasteiger partial charge in [0.2, 0.25) is 0 Å². The molecule has 0 saturated heterocycles. The fourth-order valence-corrected chi connectivity index (χ4v) is 1.59. The third kappa shape index (κ3) is 4.87. The van der Waals surface area contributed by atoms with E-state index >= 15 is 0 Å². The predicted molar refractivity (Wildman–Crippen MR) is 68.7 cm³/mol. The summed E-state index contributed by atoms with van der Waals surface area (Å²) in [4.78, 5) is 11.7. The minimum Gasteiger partial charge on any atom is -0.398 e. The van der Waals surface area contributed by atoms with Crippen molar-refractivity contribution < 1.29 is 9.90 Å². The quantitative estimate of drug-likeness (QED) is 0.496. The molecule has 1 aromatic rings. The Balaban J connectivity index is 2.24. The number of amides is 1. The number of para-hydroxylation sites is 1. The maximum Gasteiger partial charge on any atom is 0.253 e. The van der Waals surface area contributed by atoms with Crippen molar-refractivity contribution in [2.45, 2.75) is 25.7 Å². The van der Waals surface area contributed by atoms with Crippen molar-refractivity contribution >= 4 is 11.6 Å². The van der Waals surface area contributed by atoms with E-state index in [4.69, 9.17) is 10.8 Å². The Kier molecular flexibility index (Phi) is 6.10. The highest BCUT2D eigenvalue weighted by atomic mass is 16.2. The molecule has 94 valence electrons. The van der Waals surface area contributed by atoms with Gasteiger partial charge in [-0.2, -0.15) is 0 Å². The molecule has 4 heteroatoms. The molecule has 0 aliphatic rings. The van der Waals surface area contributed by atoms with Crippen molar-refractivity contribution in [2.75, 3.05) is 18.9 Å². The lowest BCUT2D eigenvalue weighted by molar-refractivity contribution is 0.0953. The Morgan fingerprint density at radius 1 is 1.18 bits per heavy atom. The van der Waals surface area contributed by atoms with Crippen LogP contribution in [0.5, 0.6) is 0 Å². The molecule has 0 aliphatic carbocycles. The highest BCUT2D eigenvalue weighted by molar-refractivity contribution is 5.98. The van der Waals surface area contributed by atoms with Crippen LogP contribution < -0.4 is 11.1 Å². The van der Waals surface area contributed by atoms with E-state index in [1.807, 2.05) is 0 Å². The molecule has 1 amide bonds. The van der Waals surface area contributed by atoms with E-state index in [0.717, 1.165) is 25.7 Å². The SMILES string of the molecule is Nc1ccccc1C(=O)NCCCCCCO. The first-order valence-electron chi connectivity index (χ1n) is 5.99. The molecule has 0 aliphatic heterocycles. The Labute approximate surface area is 102 Å². The summed E-state index contributed by atoms with van der Waals surface area (Å²) in [6.45, 7) is 0.894. The molecule has 1 aromatic carbocycles. The summed E-state index contributed by atoms with van der Waals surface area (Å²) >= 11 is 0. The third-order valence-corrected chi connectivity index (χ3v) is 2.58. The third-order valence-electron chi connectivity index (χ3n) is 2.58. The summed E-state index contributed by atoms with van der Waals surface area (Å²) in [5, 5.41) is 11.4. The molecule has 4 nitrogen and oxygen atoms in total. The van der Waals surface area contributed by atoms with Gasteiger partial charge in [0.15, 0.2) is 0 Å². The van der Waals surface area contributed by atoms with Crippen LogP contribution in [0.25, 0.3) is 0 Å². The number of benzene rings is 1. The molecule has 0 saturated carbocycles. The second kappa shape index (κ2) is 7.68. The van der Waals surface area contributed by atoms with E-state index in [0.29, 0.717) is 17.8 Å². The van der Waals surface area contributed by atoms with Gasteiger partial charge in [0.25, 0.3) is 5.91 Å². The van der Waals surface area contributed by atoms with Crippen LogP contribution in [0, 0.1) is 0 Å². The zero-order valence-electron chi connectivity index (χ0n) is 9.98. The first kappa shape index (κ1) is 13.5. The molecular weight excluding hydrogens is 216 g/mol. The number of unbranched alkanes of at least 4 members (excludes halogenated alkanes) is 3. The summed E-state index contributed by atoms with van der Waals surface area (Å²) in [6.07, 6.45) is 3.78. The van der Waals surface area contributed by atoms with Crippen molar-refractivity contribution in [3.05, 3.63) is 29.8 Å². The van der Waals surface area contributed by atoms with Gasteiger partial charge in [0.1, 0.15) is 0 Å². The molecule has 0 bridgehead atoms. The van der Waals surface area contributed by atoms with Gasteiger partial charge < -0.3 is 16.2 Å². The molecule has 0 spiro atoms. The van der Waals surface area contributed by atoms with Crippen LogP contribution in [0.2, 0.25) is 0 Å². The van der Waals surface area contributed by atoms with Crippen LogP contribution in [-0.4, -0.2) is 24.2 Å². The van der Waals surface area contributed by atoms with Gasteiger partial charge in [0.05, 0.1) is 5.56 Å². The predicted octanol–water partition coefficient (Wildman–Crippen LogP) is 1.55. The van der Waals surface area contributed by atoms with Gasteiger partial charge in [-0.1, -0.05) is 25.0 Å².